The lowest BCUT2D eigenvalue weighted by molar-refractivity contribution is 0.0288. The molecule has 1 fully saturated rings. The van der Waals surface area contributed by atoms with Crippen LogP contribution in [0.3, 0.4) is 0 Å². The Morgan fingerprint density at radius 2 is 1.81 bits per heavy atom. The largest absolute Gasteiger partial charge is 0.341 e. The lowest BCUT2D eigenvalue weighted by Crippen LogP contribution is -2.47. The highest BCUT2D eigenvalue weighted by atomic mass is 15.2. The van der Waals surface area contributed by atoms with Crippen molar-refractivity contribution < 1.29 is 0 Å². The summed E-state index contributed by atoms with van der Waals surface area (Å²) in [7, 11) is 0. The second-order valence-electron chi connectivity index (χ2n) is 6.90. The van der Waals surface area contributed by atoms with Gasteiger partial charge in [-0.15, -0.1) is 0 Å². The van der Waals surface area contributed by atoms with Crippen molar-refractivity contribution in [1.82, 2.24) is 14.9 Å². The summed E-state index contributed by atoms with van der Waals surface area (Å²) in [6, 6.07) is 9.98. The fourth-order valence-electron chi connectivity index (χ4n) is 3.90. The van der Waals surface area contributed by atoms with Crippen molar-refractivity contribution in [3.63, 3.8) is 0 Å². The van der Waals surface area contributed by atoms with Gasteiger partial charge in [-0.1, -0.05) is 32.4 Å². The van der Waals surface area contributed by atoms with Crippen LogP contribution >= 0.6 is 0 Å². The minimum Gasteiger partial charge on any atom is -0.341 e. The van der Waals surface area contributed by atoms with E-state index in [4.69, 9.17) is 4.98 Å². The molecule has 114 valence electrons. The summed E-state index contributed by atoms with van der Waals surface area (Å²) in [5.41, 5.74) is 2.23. The van der Waals surface area contributed by atoms with Gasteiger partial charge in [-0.05, 0) is 44.7 Å². The van der Waals surface area contributed by atoms with Gasteiger partial charge in [-0.25, -0.2) is 4.98 Å². The fourth-order valence-corrected chi connectivity index (χ4v) is 3.90. The van der Waals surface area contributed by atoms with Gasteiger partial charge < -0.3 is 4.98 Å². The van der Waals surface area contributed by atoms with Gasteiger partial charge >= 0.3 is 0 Å². The smallest absolute Gasteiger partial charge is 0.124 e. The van der Waals surface area contributed by atoms with E-state index in [1.165, 1.54) is 19.3 Å². The van der Waals surface area contributed by atoms with E-state index in [0.29, 0.717) is 24.0 Å². The Labute approximate surface area is 127 Å². The Balaban J connectivity index is 2.00. The monoisotopic (exact) mass is 285 g/mol. The van der Waals surface area contributed by atoms with Crippen molar-refractivity contribution in [2.75, 3.05) is 0 Å². The number of hydrogen-bond donors (Lipinski definition) is 1. The molecule has 3 atom stereocenters. The van der Waals surface area contributed by atoms with Crippen LogP contribution in [-0.4, -0.2) is 27.0 Å². The van der Waals surface area contributed by atoms with E-state index in [1.807, 2.05) is 0 Å². The molecule has 1 N–H and O–H groups in total. The van der Waals surface area contributed by atoms with Gasteiger partial charge in [0.05, 0.1) is 17.1 Å². The maximum Gasteiger partial charge on any atom is 0.124 e. The van der Waals surface area contributed by atoms with Crippen molar-refractivity contribution in [1.29, 1.82) is 0 Å². The molecule has 21 heavy (non-hydrogen) atoms. The Kier molecular flexibility index (Phi) is 4.03. The minimum atomic E-state index is 0.377. The standard InChI is InChI=1S/C18H27N3/c1-12(2)17(21-13(3)8-7-9-14(21)4)18-19-15-10-5-6-11-16(15)20-18/h5-6,10-14,17H,7-9H2,1-4H3,(H,19,20). The number of para-hydroxylation sites is 2. The third-order valence-corrected chi connectivity index (χ3v) is 4.90. The molecule has 1 saturated heterocycles. The Hall–Kier alpha value is -1.35. The second-order valence-corrected chi connectivity index (χ2v) is 6.90. The van der Waals surface area contributed by atoms with Gasteiger partial charge in [-0.3, -0.25) is 4.90 Å². The topological polar surface area (TPSA) is 31.9 Å². The van der Waals surface area contributed by atoms with Gasteiger partial charge in [0.2, 0.25) is 0 Å². The summed E-state index contributed by atoms with van der Waals surface area (Å²) < 4.78 is 0. The number of hydrogen-bond acceptors (Lipinski definition) is 2. The summed E-state index contributed by atoms with van der Waals surface area (Å²) in [5, 5.41) is 0. The highest BCUT2D eigenvalue weighted by Gasteiger charge is 2.35. The Morgan fingerprint density at radius 3 is 2.43 bits per heavy atom. The average molecular weight is 285 g/mol. The predicted molar refractivity (Wildman–Crippen MR) is 88.3 cm³/mol. The summed E-state index contributed by atoms with van der Waals surface area (Å²) in [6.45, 7) is 9.36. The number of rotatable bonds is 3. The molecule has 1 aromatic heterocycles. The van der Waals surface area contributed by atoms with Gasteiger partial charge in [0.25, 0.3) is 0 Å². The highest BCUT2D eigenvalue weighted by Crippen LogP contribution is 2.36. The zero-order valence-electron chi connectivity index (χ0n) is 13.6. The van der Waals surface area contributed by atoms with Crippen LogP contribution in [-0.2, 0) is 0 Å². The van der Waals surface area contributed by atoms with Crippen molar-refractivity contribution >= 4 is 11.0 Å². The Bertz CT molecular complexity index is 558. The van der Waals surface area contributed by atoms with Gasteiger partial charge in [0.15, 0.2) is 0 Å². The second kappa shape index (κ2) is 5.80. The van der Waals surface area contributed by atoms with Crippen LogP contribution in [0.5, 0.6) is 0 Å². The molecule has 0 radical (unpaired) electrons. The number of imidazole rings is 1. The van der Waals surface area contributed by atoms with Crippen molar-refractivity contribution in [3.05, 3.63) is 30.1 Å². The molecule has 3 heteroatoms. The lowest BCUT2D eigenvalue weighted by Gasteiger charge is -2.45. The molecule has 0 bridgehead atoms. The van der Waals surface area contributed by atoms with Crippen molar-refractivity contribution in [2.24, 2.45) is 5.92 Å². The van der Waals surface area contributed by atoms with E-state index < -0.39 is 0 Å². The molecule has 0 amide bonds. The van der Waals surface area contributed by atoms with Crippen LogP contribution in [0.25, 0.3) is 11.0 Å². The summed E-state index contributed by atoms with van der Waals surface area (Å²) in [5.74, 6) is 1.68. The SMILES string of the molecule is CC(C)C(c1nc2ccccc2[nH]1)N1C(C)CCCC1C. The van der Waals surface area contributed by atoms with Crippen LogP contribution in [0.15, 0.2) is 24.3 Å². The van der Waals surface area contributed by atoms with E-state index in [2.05, 4.69) is 61.8 Å². The number of piperidine rings is 1. The first-order chi connectivity index (χ1) is 10.1. The third-order valence-electron chi connectivity index (χ3n) is 4.90. The van der Waals surface area contributed by atoms with Crippen LogP contribution < -0.4 is 0 Å². The predicted octanol–water partition coefficient (Wildman–Crippen LogP) is 4.52. The van der Waals surface area contributed by atoms with Crippen molar-refractivity contribution in [2.45, 2.75) is 65.1 Å². The quantitative estimate of drug-likeness (QED) is 0.899. The van der Waals surface area contributed by atoms with Crippen LogP contribution in [0.1, 0.15) is 58.8 Å². The first-order valence-electron chi connectivity index (χ1n) is 8.30. The number of aromatic amines is 1. The molecular formula is C18H27N3. The molecule has 0 saturated carbocycles. The highest BCUT2D eigenvalue weighted by molar-refractivity contribution is 5.74. The molecule has 1 aromatic carbocycles. The first kappa shape index (κ1) is 14.6. The molecule has 2 aromatic rings. The van der Waals surface area contributed by atoms with Crippen molar-refractivity contribution in [3.8, 4) is 0 Å². The molecular weight excluding hydrogens is 258 g/mol. The molecule has 3 nitrogen and oxygen atoms in total. The number of likely N-dealkylation sites (tertiary alicyclic amines) is 1. The number of aromatic nitrogens is 2. The zero-order chi connectivity index (χ0) is 15.0. The first-order valence-corrected chi connectivity index (χ1v) is 8.30. The van der Waals surface area contributed by atoms with Crippen LogP contribution in [0.2, 0.25) is 0 Å². The molecule has 3 unspecified atom stereocenters. The van der Waals surface area contributed by atoms with E-state index >= 15 is 0 Å². The number of nitrogens with one attached hydrogen (secondary N) is 1. The van der Waals surface area contributed by atoms with Crippen LogP contribution in [0, 0.1) is 5.92 Å². The average Bonchev–Trinajstić information content (AvgIpc) is 2.85. The van der Waals surface area contributed by atoms with E-state index in [-0.39, 0.29) is 0 Å². The normalized spacial score (nSPS) is 25.6. The van der Waals surface area contributed by atoms with Gasteiger partial charge in [0, 0.05) is 12.1 Å². The molecule has 0 aliphatic carbocycles. The fraction of sp³-hybridized carbons (Fsp3) is 0.611. The zero-order valence-corrected chi connectivity index (χ0v) is 13.6. The van der Waals surface area contributed by atoms with E-state index in [9.17, 15) is 0 Å². The number of benzene rings is 1. The lowest BCUT2D eigenvalue weighted by atomic mass is 9.91. The third kappa shape index (κ3) is 2.71. The molecule has 1 aliphatic heterocycles. The molecule has 3 rings (SSSR count). The summed E-state index contributed by atoms with van der Waals surface area (Å²) in [6.07, 6.45) is 3.95. The maximum atomic E-state index is 4.88. The number of H-pyrrole nitrogens is 1. The summed E-state index contributed by atoms with van der Waals surface area (Å²) >= 11 is 0. The van der Waals surface area contributed by atoms with Gasteiger partial charge in [-0.2, -0.15) is 0 Å². The number of fused-ring (bicyclic) bond motifs is 1. The number of nitrogens with zero attached hydrogens (tertiary/aromatic N) is 2. The summed E-state index contributed by atoms with van der Waals surface area (Å²) in [4.78, 5) is 11.1. The Morgan fingerprint density at radius 1 is 1.14 bits per heavy atom. The molecule has 2 heterocycles. The van der Waals surface area contributed by atoms with E-state index in [0.717, 1.165) is 16.9 Å². The minimum absolute atomic E-state index is 0.377. The van der Waals surface area contributed by atoms with Crippen LogP contribution in [0.4, 0.5) is 0 Å². The molecule has 1 aliphatic rings. The van der Waals surface area contributed by atoms with Gasteiger partial charge in [0.1, 0.15) is 5.82 Å². The molecule has 0 spiro atoms. The maximum absolute atomic E-state index is 4.88. The van der Waals surface area contributed by atoms with E-state index in [1.54, 1.807) is 0 Å².